The summed E-state index contributed by atoms with van der Waals surface area (Å²) >= 11 is 1.66. The van der Waals surface area contributed by atoms with Crippen LogP contribution in [0.25, 0.3) is 0 Å². The molecular weight excluding hydrogens is 186 g/mol. The first kappa shape index (κ1) is 10.2. The average Bonchev–Trinajstić information content (AvgIpc) is 2.53. The molecule has 0 unspecified atom stereocenters. The zero-order chi connectivity index (χ0) is 9.68. The van der Waals surface area contributed by atoms with Gasteiger partial charge in [0, 0.05) is 13.1 Å². The van der Waals surface area contributed by atoms with Crippen LogP contribution in [0.4, 0.5) is 0 Å². The van der Waals surface area contributed by atoms with E-state index in [1.165, 1.54) is 5.56 Å². The van der Waals surface area contributed by atoms with Crippen LogP contribution in [-0.2, 0) is 11.3 Å². The average molecular weight is 199 g/mol. The number of hydrogen-bond donors (Lipinski definition) is 1. The van der Waals surface area contributed by atoms with Gasteiger partial charge < -0.3 is 10.0 Å². The van der Waals surface area contributed by atoms with Crippen molar-refractivity contribution in [3.63, 3.8) is 0 Å². The molecular formula is C9H13NO2S. The first-order valence-corrected chi connectivity index (χ1v) is 5.04. The molecule has 0 saturated carbocycles. The van der Waals surface area contributed by atoms with E-state index in [1.54, 1.807) is 11.3 Å². The Balaban J connectivity index is 2.25. The molecule has 0 amide bonds. The van der Waals surface area contributed by atoms with Crippen LogP contribution in [0.15, 0.2) is 16.8 Å². The summed E-state index contributed by atoms with van der Waals surface area (Å²) in [6, 6.07) is 2.06. The van der Waals surface area contributed by atoms with Crippen LogP contribution in [0.3, 0.4) is 0 Å². The smallest absolute Gasteiger partial charge is 0.304 e. The van der Waals surface area contributed by atoms with Gasteiger partial charge in [0.1, 0.15) is 0 Å². The van der Waals surface area contributed by atoms with Crippen molar-refractivity contribution in [2.45, 2.75) is 13.0 Å². The van der Waals surface area contributed by atoms with Crippen LogP contribution < -0.4 is 0 Å². The lowest BCUT2D eigenvalue weighted by Crippen LogP contribution is -2.20. The zero-order valence-corrected chi connectivity index (χ0v) is 8.38. The van der Waals surface area contributed by atoms with Crippen LogP contribution >= 0.6 is 11.3 Å². The van der Waals surface area contributed by atoms with Crippen molar-refractivity contribution in [2.75, 3.05) is 13.6 Å². The molecule has 0 aromatic carbocycles. The predicted octanol–water partition coefficient (Wildman–Crippen LogP) is 1.65. The maximum atomic E-state index is 10.3. The fraction of sp³-hybridized carbons (Fsp3) is 0.444. The molecule has 1 aromatic rings. The standard InChI is InChI=1S/C9H13NO2S/c1-10(4-2-9(11)12)6-8-3-5-13-7-8/h3,5,7H,2,4,6H2,1H3,(H,11,12). The Hall–Kier alpha value is -0.870. The van der Waals surface area contributed by atoms with Crippen LogP contribution in [0.5, 0.6) is 0 Å². The van der Waals surface area contributed by atoms with E-state index in [9.17, 15) is 4.79 Å². The van der Waals surface area contributed by atoms with Crippen molar-refractivity contribution >= 4 is 17.3 Å². The van der Waals surface area contributed by atoms with Gasteiger partial charge in [-0.1, -0.05) is 0 Å². The van der Waals surface area contributed by atoms with Crippen molar-refractivity contribution in [3.8, 4) is 0 Å². The van der Waals surface area contributed by atoms with Crippen molar-refractivity contribution in [1.82, 2.24) is 4.90 Å². The Bertz CT molecular complexity index is 259. The molecule has 0 atom stereocenters. The van der Waals surface area contributed by atoms with Crippen LogP contribution in [0.2, 0.25) is 0 Å². The van der Waals surface area contributed by atoms with E-state index in [1.807, 2.05) is 17.3 Å². The molecule has 72 valence electrons. The number of aliphatic carboxylic acids is 1. The monoisotopic (exact) mass is 199 g/mol. The first-order chi connectivity index (χ1) is 6.18. The van der Waals surface area contributed by atoms with Gasteiger partial charge in [-0.2, -0.15) is 11.3 Å². The quantitative estimate of drug-likeness (QED) is 0.784. The highest BCUT2D eigenvalue weighted by atomic mass is 32.1. The van der Waals surface area contributed by atoms with Crippen molar-refractivity contribution in [2.24, 2.45) is 0 Å². The zero-order valence-electron chi connectivity index (χ0n) is 7.56. The summed E-state index contributed by atoms with van der Waals surface area (Å²) in [5, 5.41) is 12.6. The number of carbonyl (C=O) groups is 1. The topological polar surface area (TPSA) is 40.5 Å². The summed E-state index contributed by atoms with van der Waals surface area (Å²) in [5.74, 6) is -0.739. The second kappa shape index (κ2) is 4.99. The minimum Gasteiger partial charge on any atom is -0.481 e. The molecule has 0 aliphatic carbocycles. The van der Waals surface area contributed by atoms with Gasteiger partial charge in [-0.3, -0.25) is 4.79 Å². The Kier molecular flexibility index (Phi) is 3.92. The second-order valence-electron chi connectivity index (χ2n) is 3.01. The van der Waals surface area contributed by atoms with Crippen LogP contribution in [-0.4, -0.2) is 29.6 Å². The molecule has 0 aliphatic rings. The molecule has 0 radical (unpaired) electrons. The molecule has 1 heterocycles. The summed E-state index contributed by atoms with van der Waals surface area (Å²) in [5.41, 5.74) is 1.25. The summed E-state index contributed by atoms with van der Waals surface area (Å²) in [6.07, 6.45) is 0.209. The lowest BCUT2D eigenvalue weighted by atomic mass is 10.3. The molecule has 0 spiro atoms. The third-order valence-corrected chi connectivity index (χ3v) is 2.47. The minimum atomic E-state index is -0.739. The Morgan fingerprint density at radius 1 is 1.69 bits per heavy atom. The lowest BCUT2D eigenvalue weighted by Gasteiger charge is -2.13. The van der Waals surface area contributed by atoms with E-state index < -0.39 is 5.97 Å². The Labute approximate surface area is 81.6 Å². The van der Waals surface area contributed by atoms with Gasteiger partial charge in [0.05, 0.1) is 6.42 Å². The number of thiophene rings is 1. The van der Waals surface area contributed by atoms with Gasteiger partial charge >= 0.3 is 5.97 Å². The predicted molar refractivity (Wildman–Crippen MR) is 52.9 cm³/mol. The highest BCUT2D eigenvalue weighted by molar-refractivity contribution is 7.07. The molecule has 13 heavy (non-hydrogen) atoms. The SMILES string of the molecule is CN(CCC(=O)O)Cc1ccsc1. The molecule has 1 aromatic heterocycles. The number of carboxylic acids is 1. The third kappa shape index (κ3) is 4.05. The molecule has 0 bridgehead atoms. The molecule has 1 N–H and O–H groups in total. The fourth-order valence-corrected chi connectivity index (χ4v) is 1.72. The largest absolute Gasteiger partial charge is 0.481 e. The molecule has 1 rings (SSSR count). The van der Waals surface area contributed by atoms with Gasteiger partial charge in [-0.05, 0) is 29.4 Å². The maximum absolute atomic E-state index is 10.3. The van der Waals surface area contributed by atoms with E-state index in [-0.39, 0.29) is 6.42 Å². The van der Waals surface area contributed by atoms with Gasteiger partial charge in [0.25, 0.3) is 0 Å². The summed E-state index contributed by atoms with van der Waals surface area (Å²) in [6.45, 7) is 1.43. The van der Waals surface area contributed by atoms with E-state index >= 15 is 0 Å². The minimum absolute atomic E-state index is 0.209. The Morgan fingerprint density at radius 3 is 3.00 bits per heavy atom. The molecule has 4 heteroatoms. The fourth-order valence-electron chi connectivity index (χ4n) is 1.06. The van der Waals surface area contributed by atoms with Gasteiger partial charge in [0.15, 0.2) is 0 Å². The van der Waals surface area contributed by atoms with Crippen molar-refractivity contribution in [3.05, 3.63) is 22.4 Å². The van der Waals surface area contributed by atoms with Crippen LogP contribution in [0, 0.1) is 0 Å². The number of rotatable bonds is 5. The summed E-state index contributed by atoms with van der Waals surface area (Å²) in [7, 11) is 1.93. The van der Waals surface area contributed by atoms with E-state index in [0.717, 1.165) is 6.54 Å². The van der Waals surface area contributed by atoms with Gasteiger partial charge in [-0.15, -0.1) is 0 Å². The van der Waals surface area contributed by atoms with Crippen LogP contribution in [0.1, 0.15) is 12.0 Å². The number of nitrogens with zero attached hydrogens (tertiary/aromatic N) is 1. The normalized spacial score (nSPS) is 10.6. The highest BCUT2D eigenvalue weighted by Gasteiger charge is 2.03. The number of carboxylic acid groups (broad SMARTS) is 1. The molecule has 0 fully saturated rings. The van der Waals surface area contributed by atoms with Gasteiger partial charge in [-0.25, -0.2) is 0 Å². The molecule has 0 aliphatic heterocycles. The maximum Gasteiger partial charge on any atom is 0.304 e. The number of hydrogen-bond acceptors (Lipinski definition) is 3. The third-order valence-electron chi connectivity index (χ3n) is 1.74. The summed E-state index contributed by atoms with van der Waals surface area (Å²) in [4.78, 5) is 12.3. The highest BCUT2D eigenvalue weighted by Crippen LogP contribution is 2.08. The molecule has 0 saturated heterocycles. The lowest BCUT2D eigenvalue weighted by molar-refractivity contribution is -0.137. The summed E-state index contributed by atoms with van der Waals surface area (Å²) < 4.78 is 0. The molecule has 3 nitrogen and oxygen atoms in total. The second-order valence-corrected chi connectivity index (χ2v) is 3.79. The van der Waals surface area contributed by atoms with E-state index in [4.69, 9.17) is 5.11 Å². The first-order valence-electron chi connectivity index (χ1n) is 4.10. The van der Waals surface area contributed by atoms with Gasteiger partial charge in [0.2, 0.25) is 0 Å². The van der Waals surface area contributed by atoms with Crippen molar-refractivity contribution < 1.29 is 9.90 Å². The Morgan fingerprint density at radius 2 is 2.46 bits per heavy atom. The van der Waals surface area contributed by atoms with E-state index in [0.29, 0.717) is 6.54 Å². The van der Waals surface area contributed by atoms with Crippen molar-refractivity contribution in [1.29, 1.82) is 0 Å². The van der Waals surface area contributed by atoms with E-state index in [2.05, 4.69) is 11.4 Å².